The molecule has 1 aliphatic heterocycles. The molecule has 1 saturated heterocycles. The molecule has 1 aliphatic rings. The summed E-state index contributed by atoms with van der Waals surface area (Å²) >= 11 is 0.955. The van der Waals surface area contributed by atoms with Crippen LogP contribution in [0.25, 0.3) is 17.4 Å². The molecular weight excluding hydrogens is 394 g/mol. The lowest BCUT2D eigenvalue weighted by atomic mass is 10.1. The molecule has 1 aromatic heterocycles. The van der Waals surface area contributed by atoms with Crippen LogP contribution in [0.3, 0.4) is 0 Å². The first-order chi connectivity index (χ1) is 14.0. The maximum atomic E-state index is 11.8. The van der Waals surface area contributed by atoms with Crippen molar-refractivity contribution < 1.29 is 19.2 Å². The first-order valence-electron chi connectivity index (χ1n) is 8.42. The number of amidine groups is 1. The number of phenols is 1. The smallest absolute Gasteiger partial charge is 0.289 e. The average molecular weight is 407 g/mol. The number of carbonyl (C=O) groups excluding carboxylic acids is 1. The summed E-state index contributed by atoms with van der Waals surface area (Å²) in [6.07, 6.45) is 1.63. The van der Waals surface area contributed by atoms with Gasteiger partial charge in [-0.15, -0.1) is 0 Å². The van der Waals surface area contributed by atoms with E-state index in [9.17, 15) is 20.0 Å². The molecule has 8 nitrogen and oxygen atoms in total. The predicted molar refractivity (Wildman–Crippen MR) is 110 cm³/mol. The van der Waals surface area contributed by atoms with E-state index in [4.69, 9.17) is 4.42 Å². The number of nitro groups is 1. The fraction of sp³-hybridized carbons (Fsp3) is 0. The lowest BCUT2D eigenvalue weighted by Crippen LogP contribution is -2.18. The Balaban J connectivity index is 1.67. The molecule has 1 amide bonds. The number of hydrogen-bond donors (Lipinski definition) is 2. The van der Waals surface area contributed by atoms with Crippen molar-refractivity contribution in [1.82, 2.24) is 5.32 Å². The highest BCUT2D eigenvalue weighted by Crippen LogP contribution is 2.33. The number of para-hydroxylation sites is 1. The molecule has 4 rings (SSSR count). The van der Waals surface area contributed by atoms with E-state index in [2.05, 4.69) is 10.3 Å². The van der Waals surface area contributed by atoms with Gasteiger partial charge in [0.2, 0.25) is 0 Å². The number of aromatic hydroxyl groups is 1. The van der Waals surface area contributed by atoms with E-state index in [1.165, 1.54) is 18.2 Å². The number of nitrogens with one attached hydrogen (secondary N) is 1. The van der Waals surface area contributed by atoms with Gasteiger partial charge in [-0.05, 0) is 48.2 Å². The Bertz CT molecular complexity index is 1180. The van der Waals surface area contributed by atoms with Gasteiger partial charge in [0.05, 0.1) is 21.1 Å². The highest BCUT2D eigenvalue weighted by Gasteiger charge is 2.24. The molecule has 9 heteroatoms. The third-order valence-electron chi connectivity index (χ3n) is 3.99. The first-order valence-corrected chi connectivity index (χ1v) is 9.23. The van der Waals surface area contributed by atoms with E-state index < -0.39 is 4.92 Å². The van der Waals surface area contributed by atoms with Gasteiger partial charge in [-0.25, -0.2) is 4.99 Å². The Kier molecular flexibility index (Phi) is 4.88. The van der Waals surface area contributed by atoms with Crippen LogP contribution in [0.1, 0.15) is 5.76 Å². The number of furan rings is 1. The van der Waals surface area contributed by atoms with Crippen molar-refractivity contribution in [3.05, 3.63) is 81.4 Å². The Morgan fingerprint density at radius 2 is 1.97 bits per heavy atom. The van der Waals surface area contributed by atoms with Crippen LogP contribution < -0.4 is 5.32 Å². The molecule has 0 atom stereocenters. The van der Waals surface area contributed by atoms with Crippen LogP contribution >= 0.6 is 11.8 Å². The first kappa shape index (κ1) is 18.5. The summed E-state index contributed by atoms with van der Waals surface area (Å²) in [5.41, 5.74) is 0.789. The van der Waals surface area contributed by atoms with Crippen LogP contribution in [0.4, 0.5) is 16.2 Å². The van der Waals surface area contributed by atoms with E-state index in [1.807, 2.05) is 0 Å². The molecular formula is C20H13N3O5S. The fourth-order valence-corrected chi connectivity index (χ4v) is 3.47. The minimum atomic E-state index is -0.467. The predicted octanol–water partition coefficient (Wildman–Crippen LogP) is 5.09. The number of amides is 1. The number of hydrogen-bond acceptors (Lipinski definition) is 7. The van der Waals surface area contributed by atoms with Gasteiger partial charge in [-0.3, -0.25) is 14.9 Å². The summed E-state index contributed by atoms with van der Waals surface area (Å²) in [6, 6.07) is 15.9. The molecule has 0 spiro atoms. The minimum absolute atomic E-state index is 0.0562. The number of aliphatic imine (C=N–C) groups is 1. The zero-order valence-electron chi connectivity index (χ0n) is 14.7. The van der Waals surface area contributed by atoms with Crippen LogP contribution in [0.15, 0.2) is 75.0 Å². The van der Waals surface area contributed by atoms with Gasteiger partial charge in [-0.1, -0.05) is 18.2 Å². The van der Waals surface area contributed by atoms with E-state index in [0.717, 1.165) is 11.8 Å². The summed E-state index contributed by atoms with van der Waals surface area (Å²) in [4.78, 5) is 27.5. The van der Waals surface area contributed by atoms with Crippen LogP contribution in [-0.4, -0.2) is 21.1 Å². The molecule has 0 aliphatic carbocycles. The molecule has 3 aromatic rings. The second-order valence-corrected chi connectivity index (χ2v) is 6.99. The molecule has 0 radical (unpaired) electrons. The van der Waals surface area contributed by atoms with Gasteiger partial charge in [0.1, 0.15) is 23.1 Å². The van der Waals surface area contributed by atoms with Crippen LogP contribution in [0.5, 0.6) is 5.75 Å². The minimum Gasteiger partial charge on any atom is -0.508 e. The highest BCUT2D eigenvalue weighted by atomic mass is 32.2. The Hall–Kier alpha value is -3.85. The highest BCUT2D eigenvalue weighted by molar-refractivity contribution is 8.18. The third kappa shape index (κ3) is 4.04. The van der Waals surface area contributed by atoms with Crippen molar-refractivity contribution in [2.45, 2.75) is 0 Å². The van der Waals surface area contributed by atoms with Gasteiger partial charge < -0.3 is 14.8 Å². The number of carbonyl (C=O) groups is 1. The standard InChI is InChI=1S/C20H13N3O5S/c24-13-5-3-4-12(10-13)21-19-18(29-20(25)22-19)11-14-8-9-17(28-14)15-6-1-2-7-16(15)23(26)27/h1-11,24H,(H,21,22,25). The van der Waals surface area contributed by atoms with Gasteiger partial charge in [0.15, 0.2) is 0 Å². The number of rotatable bonds is 4. The molecule has 2 heterocycles. The van der Waals surface area contributed by atoms with Crippen molar-refractivity contribution in [3.63, 3.8) is 0 Å². The summed E-state index contributed by atoms with van der Waals surface area (Å²) in [5.74, 6) is 1.15. The lowest BCUT2D eigenvalue weighted by Gasteiger charge is -2.00. The topological polar surface area (TPSA) is 118 Å². The maximum absolute atomic E-state index is 11.8. The quantitative estimate of drug-likeness (QED) is 0.459. The number of phenolic OH excluding ortho intramolecular Hbond substituents is 1. The Morgan fingerprint density at radius 3 is 2.76 bits per heavy atom. The molecule has 1 fully saturated rings. The summed E-state index contributed by atoms with van der Waals surface area (Å²) in [7, 11) is 0. The van der Waals surface area contributed by atoms with Crippen molar-refractivity contribution in [2.75, 3.05) is 0 Å². The number of benzene rings is 2. The summed E-state index contributed by atoms with van der Waals surface area (Å²) < 4.78 is 5.75. The maximum Gasteiger partial charge on any atom is 0.289 e. The second kappa shape index (κ2) is 7.64. The lowest BCUT2D eigenvalue weighted by molar-refractivity contribution is -0.384. The summed E-state index contributed by atoms with van der Waals surface area (Å²) in [6.45, 7) is 0. The van der Waals surface area contributed by atoms with E-state index in [1.54, 1.807) is 48.5 Å². The Labute approximate surface area is 168 Å². The number of thioether (sulfide) groups is 1. The largest absolute Gasteiger partial charge is 0.508 e. The average Bonchev–Trinajstić information content (AvgIpc) is 3.28. The zero-order valence-corrected chi connectivity index (χ0v) is 15.6. The van der Waals surface area contributed by atoms with E-state index in [0.29, 0.717) is 33.5 Å². The van der Waals surface area contributed by atoms with Gasteiger partial charge in [0.25, 0.3) is 10.9 Å². The van der Waals surface area contributed by atoms with E-state index >= 15 is 0 Å². The zero-order chi connectivity index (χ0) is 20.4. The van der Waals surface area contributed by atoms with Crippen molar-refractivity contribution in [1.29, 1.82) is 0 Å². The van der Waals surface area contributed by atoms with Gasteiger partial charge >= 0.3 is 0 Å². The van der Waals surface area contributed by atoms with Crippen molar-refractivity contribution in [2.24, 2.45) is 4.99 Å². The third-order valence-corrected chi connectivity index (χ3v) is 4.81. The molecule has 144 valence electrons. The van der Waals surface area contributed by atoms with E-state index in [-0.39, 0.29) is 16.7 Å². The molecule has 29 heavy (non-hydrogen) atoms. The van der Waals surface area contributed by atoms with Crippen LogP contribution in [0.2, 0.25) is 0 Å². The Morgan fingerprint density at radius 1 is 1.14 bits per heavy atom. The molecule has 2 aromatic carbocycles. The van der Waals surface area contributed by atoms with Crippen molar-refractivity contribution in [3.8, 4) is 17.1 Å². The summed E-state index contributed by atoms with van der Waals surface area (Å²) in [5, 5.41) is 23.2. The molecule has 0 saturated carbocycles. The SMILES string of the molecule is O=C1NC(=Nc2cccc(O)c2)C(=Cc2ccc(-c3ccccc3[N+](=O)[O-])o2)S1. The van der Waals surface area contributed by atoms with Crippen LogP contribution in [0, 0.1) is 10.1 Å². The fourth-order valence-electron chi connectivity index (χ4n) is 2.75. The molecule has 0 unspecified atom stereocenters. The second-order valence-electron chi connectivity index (χ2n) is 5.98. The van der Waals surface area contributed by atoms with Gasteiger partial charge in [0, 0.05) is 12.1 Å². The normalized spacial score (nSPS) is 16.3. The monoisotopic (exact) mass is 407 g/mol. The number of nitro benzene ring substituents is 1. The number of nitrogens with zero attached hydrogens (tertiary/aromatic N) is 2. The van der Waals surface area contributed by atoms with Crippen molar-refractivity contribution >= 4 is 40.3 Å². The molecule has 2 N–H and O–H groups in total. The van der Waals surface area contributed by atoms with Gasteiger partial charge in [-0.2, -0.15) is 0 Å². The van der Waals surface area contributed by atoms with Crippen LogP contribution in [-0.2, 0) is 0 Å². The molecule has 0 bridgehead atoms.